The molecule has 1 saturated carbocycles. The first-order valence-corrected chi connectivity index (χ1v) is 6.50. The Balaban J connectivity index is 1.95. The fourth-order valence-electron chi connectivity index (χ4n) is 2.92. The van der Waals surface area contributed by atoms with Crippen molar-refractivity contribution in [3.05, 3.63) is 0 Å². The van der Waals surface area contributed by atoms with Crippen LogP contribution in [0, 0.1) is 17.2 Å². The zero-order valence-electron chi connectivity index (χ0n) is 9.82. The van der Waals surface area contributed by atoms with Crippen molar-refractivity contribution < 1.29 is 4.79 Å². The summed E-state index contributed by atoms with van der Waals surface area (Å²) < 4.78 is 0. The van der Waals surface area contributed by atoms with E-state index >= 15 is 0 Å². The maximum atomic E-state index is 11.8. The van der Waals surface area contributed by atoms with Crippen LogP contribution in [-0.2, 0) is 4.79 Å². The number of carbonyl (C=O) groups is 1. The van der Waals surface area contributed by atoms with Crippen molar-refractivity contribution in [3.8, 4) is 6.07 Å². The monoisotopic (exact) mass is 220 g/mol. The van der Waals surface area contributed by atoms with E-state index < -0.39 is 0 Å². The minimum Gasteiger partial charge on any atom is -0.338 e. The Morgan fingerprint density at radius 2 is 1.75 bits per heavy atom. The van der Waals surface area contributed by atoms with E-state index in [4.69, 9.17) is 5.26 Å². The highest BCUT2D eigenvalue weighted by atomic mass is 16.2. The minimum absolute atomic E-state index is 0.0575. The Morgan fingerprint density at radius 3 is 2.31 bits per heavy atom. The molecule has 3 heteroatoms. The van der Waals surface area contributed by atoms with Crippen LogP contribution >= 0.6 is 0 Å². The summed E-state index contributed by atoms with van der Waals surface area (Å²) in [5, 5.41) is 8.87. The zero-order chi connectivity index (χ0) is 11.4. The van der Waals surface area contributed by atoms with Crippen LogP contribution in [0.1, 0.15) is 51.4 Å². The number of hydrogen-bond acceptors (Lipinski definition) is 2. The molecule has 0 aromatic rings. The average molecular weight is 220 g/mol. The van der Waals surface area contributed by atoms with Crippen LogP contribution in [0.3, 0.4) is 0 Å². The number of likely N-dealkylation sites (tertiary alicyclic amines) is 1. The second-order valence-corrected chi connectivity index (χ2v) is 5.08. The van der Waals surface area contributed by atoms with Gasteiger partial charge in [-0.15, -0.1) is 0 Å². The summed E-state index contributed by atoms with van der Waals surface area (Å²) in [7, 11) is 0. The van der Waals surface area contributed by atoms with Crippen LogP contribution < -0.4 is 0 Å². The quantitative estimate of drug-likeness (QED) is 0.681. The van der Waals surface area contributed by atoms with Crippen molar-refractivity contribution in [3.63, 3.8) is 0 Å². The van der Waals surface area contributed by atoms with Gasteiger partial charge in [0.1, 0.15) is 0 Å². The molecule has 1 amide bonds. The lowest BCUT2D eigenvalue weighted by Gasteiger charge is -2.29. The summed E-state index contributed by atoms with van der Waals surface area (Å²) in [6, 6.07) is 2.65. The molecular formula is C13H20N2O. The van der Waals surface area contributed by atoms with Crippen LogP contribution in [0.2, 0.25) is 0 Å². The lowest BCUT2D eigenvalue weighted by Crippen LogP contribution is -2.37. The van der Waals surface area contributed by atoms with Crippen LogP contribution in [0.25, 0.3) is 0 Å². The third-order valence-electron chi connectivity index (χ3n) is 3.86. The third-order valence-corrected chi connectivity index (χ3v) is 3.86. The molecule has 2 rings (SSSR count). The lowest BCUT2D eigenvalue weighted by molar-refractivity contribution is -0.130. The third kappa shape index (κ3) is 2.55. The van der Waals surface area contributed by atoms with Gasteiger partial charge in [0.05, 0.1) is 12.0 Å². The molecule has 0 aromatic heterocycles. The van der Waals surface area contributed by atoms with Gasteiger partial charge in [-0.3, -0.25) is 4.79 Å². The van der Waals surface area contributed by atoms with Crippen molar-refractivity contribution in [2.75, 3.05) is 6.54 Å². The minimum atomic E-state index is -0.0575. The summed E-state index contributed by atoms with van der Waals surface area (Å²) in [5.41, 5.74) is 0. The van der Waals surface area contributed by atoms with E-state index in [1.165, 1.54) is 32.1 Å². The number of nitriles is 1. The molecule has 0 radical (unpaired) electrons. The Hall–Kier alpha value is -1.04. The van der Waals surface area contributed by atoms with E-state index in [-0.39, 0.29) is 11.8 Å². The second kappa shape index (κ2) is 5.34. The Kier molecular flexibility index (Phi) is 3.82. The topological polar surface area (TPSA) is 44.1 Å². The molecule has 1 heterocycles. The number of amides is 1. The molecule has 1 atom stereocenters. The molecule has 0 aromatic carbocycles. The van der Waals surface area contributed by atoms with Gasteiger partial charge in [0.15, 0.2) is 0 Å². The molecule has 3 nitrogen and oxygen atoms in total. The highest BCUT2D eigenvalue weighted by Crippen LogP contribution is 2.27. The SMILES string of the molecule is N#CC1CC(=O)N(C2CCCCCCC2)C1. The van der Waals surface area contributed by atoms with Crippen LogP contribution in [0.4, 0.5) is 0 Å². The van der Waals surface area contributed by atoms with E-state index in [0.717, 1.165) is 12.8 Å². The summed E-state index contributed by atoms with van der Waals surface area (Å²) >= 11 is 0. The smallest absolute Gasteiger partial charge is 0.224 e. The van der Waals surface area contributed by atoms with E-state index in [0.29, 0.717) is 19.0 Å². The number of rotatable bonds is 1. The van der Waals surface area contributed by atoms with Gasteiger partial charge in [-0.1, -0.05) is 32.1 Å². The second-order valence-electron chi connectivity index (χ2n) is 5.08. The van der Waals surface area contributed by atoms with E-state index in [9.17, 15) is 4.79 Å². The lowest BCUT2D eigenvalue weighted by atomic mass is 9.96. The Morgan fingerprint density at radius 1 is 1.12 bits per heavy atom. The van der Waals surface area contributed by atoms with Gasteiger partial charge >= 0.3 is 0 Å². The first-order chi connectivity index (χ1) is 7.81. The highest BCUT2D eigenvalue weighted by molar-refractivity contribution is 5.79. The molecule has 88 valence electrons. The summed E-state index contributed by atoms with van der Waals surface area (Å²) in [6.45, 7) is 0.681. The molecule has 16 heavy (non-hydrogen) atoms. The number of hydrogen-bond donors (Lipinski definition) is 0. The summed E-state index contributed by atoms with van der Waals surface area (Å²) in [4.78, 5) is 13.8. The standard InChI is InChI=1S/C13H20N2O/c14-9-11-8-13(16)15(10-11)12-6-4-2-1-3-5-7-12/h11-12H,1-8,10H2. The summed E-state index contributed by atoms with van der Waals surface area (Å²) in [6.07, 6.45) is 9.18. The zero-order valence-corrected chi connectivity index (χ0v) is 9.82. The molecule has 0 spiro atoms. The molecule has 0 bridgehead atoms. The van der Waals surface area contributed by atoms with E-state index in [1.807, 2.05) is 4.90 Å². The van der Waals surface area contributed by atoms with Crippen molar-refractivity contribution in [1.29, 1.82) is 5.26 Å². The normalized spacial score (nSPS) is 28.6. The maximum Gasteiger partial charge on any atom is 0.224 e. The largest absolute Gasteiger partial charge is 0.338 e. The van der Waals surface area contributed by atoms with Crippen molar-refractivity contribution in [1.82, 2.24) is 4.90 Å². The van der Waals surface area contributed by atoms with E-state index in [1.54, 1.807) is 0 Å². The molecular weight excluding hydrogens is 200 g/mol. The van der Waals surface area contributed by atoms with Gasteiger partial charge in [0, 0.05) is 19.0 Å². The fourth-order valence-corrected chi connectivity index (χ4v) is 2.92. The molecule has 0 N–H and O–H groups in total. The van der Waals surface area contributed by atoms with Crippen molar-refractivity contribution in [2.24, 2.45) is 5.92 Å². The van der Waals surface area contributed by atoms with Crippen LogP contribution in [0.5, 0.6) is 0 Å². The maximum absolute atomic E-state index is 11.8. The van der Waals surface area contributed by atoms with Crippen molar-refractivity contribution >= 4 is 5.91 Å². The summed E-state index contributed by atoms with van der Waals surface area (Å²) in [5.74, 6) is 0.148. The van der Waals surface area contributed by atoms with Gasteiger partial charge in [0.2, 0.25) is 5.91 Å². The van der Waals surface area contributed by atoms with Crippen molar-refractivity contribution in [2.45, 2.75) is 57.4 Å². The molecule has 2 fully saturated rings. The van der Waals surface area contributed by atoms with Gasteiger partial charge in [-0.25, -0.2) is 0 Å². The van der Waals surface area contributed by atoms with Gasteiger partial charge in [-0.05, 0) is 12.8 Å². The van der Waals surface area contributed by atoms with Gasteiger partial charge < -0.3 is 4.90 Å². The molecule has 2 aliphatic rings. The van der Waals surface area contributed by atoms with E-state index in [2.05, 4.69) is 6.07 Å². The molecule has 1 unspecified atom stereocenters. The highest BCUT2D eigenvalue weighted by Gasteiger charge is 2.33. The predicted octanol–water partition coefficient (Wildman–Crippen LogP) is 2.47. The predicted molar refractivity (Wildman–Crippen MR) is 61.5 cm³/mol. The molecule has 1 aliphatic carbocycles. The fraction of sp³-hybridized carbons (Fsp3) is 0.846. The van der Waals surface area contributed by atoms with Crippen LogP contribution in [-0.4, -0.2) is 23.4 Å². The Labute approximate surface area is 97.4 Å². The Bertz CT molecular complexity index is 287. The number of nitrogens with zero attached hydrogens (tertiary/aromatic N) is 2. The number of carbonyl (C=O) groups excluding carboxylic acids is 1. The van der Waals surface area contributed by atoms with Gasteiger partial charge in [0.25, 0.3) is 0 Å². The first kappa shape index (κ1) is 11.4. The molecule has 1 aliphatic heterocycles. The molecule has 1 saturated heterocycles. The first-order valence-electron chi connectivity index (χ1n) is 6.50. The van der Waals surface area contributed by atoms with Gasteiger partial charge in [-0.2, -0.15) is 5.26 Å². The average Bonchev–Trinajstić information content (AvgIpc) is 2.60. The van der Waals surface area contributed by atoms with Crippen LogP contribution in [0.15, 0.2) is 0 Å².